The number of hydrogen-bond donors (Lipinski definition) is 2. The molecule has 2 aromatic carbocycles. The third-order valence-corrected chi connectivity index (χ3v) is 5.45. The van der Waals surface area contributed by atoms with E-state index in [1.165, 1.54) is 26.0 Å². The second-order valence-electron chi connectivity index (χ2n) is 7.79. The molecule has 0 radical (unpaired) electrons. The second-order valence-corrected chi connectivity index (χ2v) is 8.81. The predicted molar refractivity (Wildman–Crippen MR) is 122 cm³/mol. The van der Waals surface area contributed by atoms with Crippen LogP contribution in [0, 0.1) is 5.41 Å². The summed E-state index contributed by atoms with van der Waals surface area (Å²) < 4.78 is 10.4. The molecule has 0 atom stereocenters. The van der Waals surface area contributed by atoms with E-state index in [1.54, 1.807) is 42.5 Å². The van der Waals surface area contributed by atoms with Crippen LogP contribution in [0.1, 0.15) is 31.1 Å². The summed E-state index contributed by atoms with van der Waals surface area (Å²) in [4.78, 5) is 37.7. The Morgan fingerprint density at radius 1 is 0.968 bits per heavy atom. The van der Waals surface area contributed by atoms with Gasteiger partial charge in [-0.05, 0) is 12.1 Å². The Kier molecular flexibility index (Phi) is 8.50. The van der Waals surface area contributed by atoms with Crippen LogP contribution in [0.4, 0.5) is 5.69 Å². The molecule has 0 bridgehead atoms. The fourth-order valence-corrected chi connectivity index (χ4v) is 3.37. The average Bonchev–Trinajstić information content (AvgIpc) is 2.74. The van der Waals surface area contributed by atoms with Crippen LogP contribution < -0.4 is 20.1 Å². The van der Waals surface area contributed by atoms with E-state index in [2.05, 4.69) is 10.6 Å². The standard InChI is InChI=1S/C23H28N2O5S/c1-23(2,3)20(26)13-24-22(28)18-8-6-7-9-19(18)31-14-21(27)25-15-10-16(29-4)12-17(11-15)30-5/h6-12H,13-14H2,1-5H3,(H,24,28)(H,25,27). The molecule has 7 nitrogen and oxygen atoms in total. The zero-order valence-corrected chi connectivity index (χ0v) is 19.2. The van der Waals surface area contributed by atoms with E-state index in [-0.39, 0.29) is 29.9 Å². The van der Waals surface area contributed by atoms with Crippen molar-refractivity contribution in [2.75, 3.05) is 31.8 Å². The summed E-state index contributed by atoms with van der Waals surface area (Å²) in [6.07, 6.45) is 0. The summed E-state index contributed by atoms with van der Waals surface area (Å²) in [6.45, 7) is 5.38. The maximum Gasteiger partial charge on any atom is 0.252 e. The number of benzene rings is 2. The van der Waals surface area contributed by atoms with Gasteiger partial charge in [-0.25, -0.2) is 0 Å². The highest BCUT2D eigenvalue weighted by molar-refractivity contribution is 8.00. The molecule has 0 aromatic heterocycles. The fourth-order valence-electron chi connectivity index (χ4n) is 2.52. The van der Waals surface area contributed by atoms with Gasteiger partial charge in [0.05, 0.1) is 32.1 Å². The van der Waals surface area contributed by atoms with E-state index in [4.69, 9.17) is 9.47 Å². The number of amides is 2. The molecule has 0 aliphatic carbocycles. The van der Waals surface area contributed by atoms with Crippen molar-refractivity contribution in [1.29, 1.82) is 0 Å². The Balaban J connectivity index is 2.00. The Morgan fingerprint density at radius 3 is 2.16 bits per heavy atom. The Morgan fingerprint density at radius 2 is 1.58 bits per heavy atom. The lowest BCUT2D eigenvalue weighted by molar-refractivity contribution is -0.125. The molecule has 0 saturated carbocycles. The third kappa shape index (κ3) is 7.32. The number of carbonyl (C=O) groups excluding carboxylic acids is 3. The number of rotatable bonds is 9. The van der Waals surface area contributed by atoms with Gasteiger partial charge in [0.2, 0.25) is 5.91 Å². The van der Waals surface area contributed by atoms with E-state index in [1.807, 2.05) is 20.8 Å². The Bertz CT molecular complexity index is 931. The number of hydrogen-bond acceptors (Lipinski definition) is 6. The summed E-state index contributed by atoms with van der Waals surface area (Å²) in [5.41, 5.74) is 0.446. The molecule has 0 fully saturated rings. The number of ether oxygens (including phenoxy) is 2. The van der Waals surface area contributed by atoms with Crippen LogP contribution in [0.15, 0.2) is 47.4 Å². The van der Waals surface area contributed by atoms with E-state index in [0.717, 1.165) is 0 Å². The van der Waals surface area contributed by atoms with Crippen LogP contribution >= 0.6 is 11.8 Å². The lowest BCUT2D eigenvalue weighted by Gasteiger charge is -2.17. The highest BCUT2D eigenvalue weighted by Crippen LogP contribution is 2.27. The van der Waals surface area contributed by atoms with Crippen LogP contribution in [0.25, 0.3) is 0 Å². The number of nitrogens with one attached hydrogen (secondary N) is 2. The van der Waals surface area contributed by atoms with Gasteiger partial charge in [-0.3, -0.25) is 14.4 Å². The van der Waals surface area contributed by atoms with Crippen molar-refractivity contribution in [1.82, 2.24) is 5.32 Å². The summed E-state index contributed by atoms with van der Waals surface area (Å²) in [5.74, 6) is 0.587. The number of anilines is 1. The fraction of sp³-hybridized carbons (Fsp3) is 0.348. The Labute approximate surface area is 186 Å². The van der Waals surface area contributed by atoms with Gasteiger partial charge in [0.25, 0.3) is 5.91 Å². The van der Waals surface area contributed by atoms with Gasteiger partial charge in [0, 0.05) is 34.2 Å². The normalized spacial score (nSPS) is 10.9. The minimum absolute atomic E-state index is 0.0422. The number of methoxy groups -OCH3 is 2. The van der Waals surface area contributed by atoms with Crippen LogP contribution in [0.2, 0.25) is 0 Å². The number of ketones is 1. The number of carbonyl (C=O) groups is 3. The monoisotopic (exact) mass is 444 g/mol. The van der Waals surface area contributed by atoms with Gasteiger partial charge < -0.3 is 20.1 Å². The summed E-state index contributed by atoms with van der Waals surface area (Å²) >= 11 is 1.24. The van der Waals surface area contributed by atoms with Crippen molar-refractivity contribution in [3.63, 3.8) is 0 Å². The van der Waals surface area contributed by atoms with Crippen molar-refractivity contribution in [2.45, 2.75) is 25.7 Å². The van der Waals surface area contributed by atoms with E-state index >= 15 is 0 Å². The van der Waals surface area contributed by atoms with Gasteiger partial charge in [-0.15, -0.1) is 11.8 Å². The summed E-state index contributed by atoms with van der Waals surface area (Å²) in [6, 6.07) is 12.1. The highest BCUT2D eigenvalue weighted by atomic mass is 32.2. The minimum Gasteiger partial charge on any atom is -0.497 e. The molecule has 0 unspecified atom stereocenters. The van der Waals surface area contributed by atoms with Crippen LogP contribution in [-0.2, 0) is 9.59 Å². The van der Waals surface area contributed by atoms with Gasteiger partial charge in [0.15, 0.2) is 5.78 Å². The molecule has 2 N–H and O–H groups in total. The van der Waals surface area contributed by atoms with Crippen molar-refractivity contribution < 1.29 is 23.9 Å². The summed E-state index contributed by atoms with van der Waals surface area (Å²) in [5, 5.41) is 5.47. The molecule has 166 valence electrons. The smallest absolute Gasteiger partial charge is 0.252 e. The van der Waals surface area contributed by atoms with Crippen molar-refractivity contribution in [2.24, 2.45) is 5.41 Å². The zero-order valence-electron chi connectivity index (χ0n) is 18.4. The van der Waals surface area contributed by atoms with E-state index < -0.39 is 5.41 Å². The number of Topliss-reactive ketones (excluding diaryl/α,β-unsaturated/α-hetero) is 1. The molecular weight excluding hydrogens is 416 g/mol. The van der Waals surface area contributed by atoms with Crippen molar-refractivity contribution in [3.05, 3.63) is 48.0 Å². The summed E-state index contributed by atoms with van der Waals surface area (Å²) in [7, 11) is 3.07. The lowest BCUT2D eigenvalue weighted by atomic mass is 9.91. The molecule has 0 saturated heterocycles. The second kappa shape index (κ2) is 10.9. The third-order valence-electron chi connectivity index (χ3n) is 4.37. The molecule has 0 heterocycles. The van der Waals surface area contributed by atoms with Crippen LogP contribution in [-0.4, -0.2) is 44.1 Å². The van der Waals surface area contributed by atoms with E-state index in [9.17, 15) is 14.4 Å². The molecule has 0 aliphatic heterocycles. The maximum atomic E-state index is 12.6. The SMILES string of the molecule is COc1cc(NC(=O)CSc2ccccc2C(=O)NCC(=O)C(C)(C)C)cc(OC)c1. The molecule has 2 aromatic rings. The van der Waals surface area contributed by atoms with Gasteiger partial charge in [0.1, 0.15) is 11.5 Å². The molecular formula is C23H28N2O5S. The molecule has 2 rings (SSSR count). The first-order valence-electron chi connectivity index (χ1n) is 9.70. The van der Waals surface area contributed by atoms with Crippen LogP contribution in [0.3, 0.4) is 0 Å². The molecule has 8 heteroatoms. The highest BCUT2D eigenvalue weighted by Gasteiger charge is 2.22. The first-order chi connectivity index (χ1) is 14.6. The van der Waals surface area contributed by atoms with Gasteiger partial charge in [-0.2, -0.15) is 0 Å². The van der Waals surface area contributed by atoms with E-state index in [0.29, 0.717) is 27.6 Å². The molecule has 0 aliphatic rings. The number of thioether (sulfide) groups is 1. The maximum absolute atomic E-state index is 12.6. The first-order valence-corrected chi connectivity index (χ1v) is 10.7. The minimum atomic E-state index is -0.525. The largest absolute Gasteiger partial charge is 0.497 e. The predicted octanol–water partition coefficient (Wildman–Crippen LogP) is 3.78. The van der Waals surface area contributed by atoms with Crippen molar-refractivity contribution in [3.8, 4) is 11.5 Å². The van der Waals surface area contributed by atoms with Crippen molar-refractivity contribution >= 4 is 35.0 Å². The quantitative estimate of drug-likeness (QED) is 0.572. The van der Waals surface area contributed by atoms with Crippen LogP contribution in [0.5, 0.6) is 11.5 Å². The molecule has 0 spiro atoms. The lowest BCUT2D eigenvalue weighted by Crippen LogP contribution is -2.35. The molecule has 2 amide bonds. The Hall–Kier alpha value is -3.00. The topological polar surface area (TPSA) is 93.7 Å². The van der Waals surface area contributed by atoms with Gasteiger partial charge in [-0.1, -0.05) is 32.9 Å². The first kappa shape index (κ1) is 24.3. The van der Waals surface area contributed by atoms with Gasteiger partial charge >= 0.3 is 0 Å². The molecule has 31 heavy (non-hydrogen) atoms. The average molecular weight is 445 g/mol. The zero-order chi connectivity index (χ0) is 23.0.